The van der Waals surface area contributed by atoms with Gasteiger partial charge >= 0.3 is 0 Å². The van der Waals surface area contributed by atoms with Gasteiger partial charge in [0.1, 0.15) is 0 Å². The van der Waals surface area contributed by atoms with E-state index in [1.54, 1.807) is 42.7 Å². The highest BCUT2D eigenvalue weighted by Gasteiger charge is 2.30. The Balaban J connectivity index is 1.72. The van der Waals surface area contributed by atoms with Crippen molar-refractivity contribution in [1.29, 1.82) is 0 Å². The van der Waals surface area contributed by atoms with Crippen LogP contribution in [0.5, 0.6) is 0 Å². The van der Waals surface area contributed by atoms with Crippen LogP contribution in [0, 0.1) is 6.92 Å². The van der Waals surface area contributed by atoms with Gasteiger partial charge in [-0.15, -0.1) is 0 Å². The van der Waals surface area contributed by atoms with Gasteiger partial charge in [-0.3, -0.25) is 4.40 Å². The van der Waals surface area contributed by atoms with Crippen LogP contribution < -0.4 is 5.32 Å². The van der Waals surface area contributed by atoms with Crippen LogP contribution in [-0.2, 0) is 10.0 Å². The number of hydrogen-bond donors (Lipinski definition) is 1. The van der Waals surface area contributed by atoms with Crippen molar-refractivity contribution in [3.05, 3.63) is 60.2 Å². The van der Waals surface area contributed by atoms with E-state index < -0.39 is 10.0 Å². The Bertz CT molecular complexity index is 1290. The highest BCUT2D eigenvalue weighted by Crippen LogP contribution is 2.31. The summed E-state index contributed by atoms with van der Waals surface area (Å²) in [6, 6.07) is 8.65. The Hall–Kier alpha value is -1.98. The summed E-state index contributed by atoms with van der Waals surface area (Å²) in [7, 11) is -3.73. The zero-order valence-electron chi connectivity index (χ0n) is 15.1. The maximum atomic E-state index is 13.2. The number of nitrogens with one attached hydrogen (secondary N) is 1. The Labute approximate surface area is 176 Å². The van der Waals surface area contributed by atoms with E-state index in [1.165, 1.54) is 3.97 Å². The predicted molar refractivity (Wildman–Crippen MR) is 116 cm³/mol. The molecule has 0 spiro atoms. The molecule has 144 valence electrons. The third kappa shape index (κ3) is 2.67. The minimum absolute atomic E-state index is 0.246. The largest absolute Gasteiger partial charge is 0.315 e. The van der Waals surface area contributed by atoms with Gasteiger partial charge in [-0.05, 0) is 25.1 Å². The second kappa shape index (κ2) is 6.53. The van der Waals surface area contributed by atoms with Gasteiger partial charge in [0.15, 0.2) is 11.3 Å². The summed E-state index contributed by atoms with van der Waals surface area (Å²) in [6.45, 7) is 3.77. The average molecular weight is 507 g/mol. The molecule has 0 amide bonds. The first-order chi connectivity index (χ1) is 13.5. The standard InChI is InChI=1S/C19H18IN5O2S/c1-12-2-4-13(5-3-12)28(26,27)24-7-6-16-19(24)23-11-18-22-10-17(25(16)18)14-8-21-9-15(14)20/h2-7,10-11,14-15,21H,8-9H2,1H3/t14-,15+/m0/s1. The summed E-state index contributed by atoms with van der Waals surface area (Å²) >= 11 is 2.46. The maximum absolute atomic E-state index is 13.2. The molecule has 1 aliphatic heterocycles. The van der Waals surface area contributed by atoms with Crippen molar-refractivity contribution in [3.8, 4) is 0 Å². The monoisotopic (exact) mass is 507 g/mol. The zero-order chi connectivity index (χ0) is 19.5. The van der Waals surface area contributed by atoms with Gasteiger partial charge in [0.2, 0.25) is 0 Å². The first-order valence-corrected chi connectivity index (χ1v) is 11.7. The molecule has 9 heteroatoms. The van der Waals surface area contributed by atoms with Crippen molar-refractivity contribution < 1.29 is 8.42 Å². The number of aryl methyl sites for hydroxylation is 1. The summed E-state index contributed by atoms with van der Waals surface area (Å²) in [4.78, 5) is 9.16. The Morgan fingerprint density at radius 1 is 1.11 bits per heavy atom. The molecule has 0 saturated carbocycles. The molecule has 2 atom stereocenters. The van der Waals surface area contributed by atoms with Crippen molar-refractivity contribution in [1.82, 2.24) is 23.7 Å². The van der Waals surface area contributed by atoms with E-state index in [0.717, 1.165) is 35.5 Å². The summed E-state index contributed by atoms with van der Waals surface area (Å²) < 4.78 is 30.1. The van der Waals surface area contributed by atoms with Crippen molar-refractivity contribution in [2.75, 3.05) is 13.1 Å². The van der Waals surface area contributed by atoms with E-state index in [4.69, 9.17) is 0 Å². The molecule has 5 rings (SSSR count). The molecule has 7 nitrogen and oxygen atoms in total. The molecule has 1 aliphatic rings. The molecule has 0 radical (unpaired) electrons. The number of imidazole rings is 1. The van der Waals surface area contributed by atoms with Crippen molar-refractivity contribution >= 4 is 49.4 Å². The fourth-order valence-corrected chi connectivity index (χ4v) is 5.99. The summed E-state index contributed by atoms with van der Waals surface area (Å²) in [6.07, 6.45) is 5.09. The lowest BCUT2D eigenvalue weighted by molar-refractivity contribution is 0.588. The van der Waals surface area contributed by atoms with Crippen LogP contribution in [0.1, 0.15) is 17.2 Å². The highest BCUT2D eigenvalue weighted by molar-refractivity contribution is 14.1. The average Bonchev–Trinajstić information content (AvgIpc) is 3.38. The van der Waals surface area contributed by atoms with Gasteiger partial charge in [0.05, 0.1) is 16.6 Å². The molecule has 0 aliphatic carbocycles. The Morgan fingerprint density at radius 2 is 1.89 bits per heavy atom. The molecule has 3 aromatic heterocycles. The molecule has 28 heavy (non-hydrogen) atoms. The normalized spacial score (nSPS) is 20.4. The number of alkyl halides is 1. The van der Waals surface area contributed by atoms with Gasteiger partial charge in [-0.2, -0.15) is 0 Å². The van der Waals surface area contributed by atoms with Crippen LogP contribution in [-0.4, -0.2) is 43.8 Å². The lowest BCUT2D eigenvalue weighted by atomic mass is 10.1. The van der Waals surface area contributed by atoms with Crippen LogP contribution in [0.3, 0.4) is 0 Å². The first kappa shape index (κ1) is 18.1. The number of hydrogen-bond acceptors (Lipinski definition) is 5. The first-order valence-electron chi connectivity index (χ1n) is 8.97. The fraction of sp³-hybridized carbons (Fsp3) is 0.263. The topological polar surface area (TPSA) is 81.3 Å². The summed E-state index contributed by atoms with van der Waals surface area (Å²) in [5.74, 6) is 0.318. The maximum Gasteiger partial charge on any atom is 0.269 e. The molecule has 4 aromatic rings. The minimum Gasteiger partial charge on any atom is -0.315 e. The molecule has 0 unspecified atom stereocenters. The van der Waals surface area contributed by atoms with E-state index in [1.807, 2.05) is 17.5 Å². The number of halogens is 1. The fourth-order valence-electron chi connectivity index (χ4n) is 3.76. The van der Waals surface area contributed by atoms with Gasteiger partial charge in [0, 0.05) is 41.0 Å². The van der Waals surface area contributed by atoms with Gasteiger partial charge in [-0.25, -0.2) is 22.4 Å². The lowest BCUT2D eigenvalue weighted by Crippen LogP contribution is -2.14. The van der Waals surface area contributed by atoms with Gasteiger partial charge in [-0.1, -0.05) is 40.3 Å². The van der Waals surface area contributed by atoms with Crippen LogP contribution in [0.2, 0.25) is 0 Å². The highest BCUT2D eigenvalue weighted by atomic mass is 127. The molecule has 1 N–H and O–H groups in total. The second-order valence-corrected chi connectivity index (χ2v) is 10.5. The van der Waals surface area contributed by atoms with Crippen molar-refractivity contribution in [2.45, 2.75) is 21.7 Å². The molecule has 1 aromatic carbocycles. The van der Waals surface area contributed by atoms with Crippen molar-refractivity contribution in [2.24, 2.45) is 0 Å². The summed E-state index contributed by atoms with van der Waals surface area (Å²) in [5.41, 5.74) is 3.97. The van der Waals surface area contributed by atoms with Crippen LogP contribution in [0.25, 0.3) is 16.8 Å². The molecule has 0 bridgehead atoms. The minimum atomic E-state index is -3.73. The molecular weight excluding hydrogens is 489 g/mol. The molecular formula is C19H18IN5O2S. The van der Waals surface area contributed by atoms with Crippen molar-refractivity contribution in [3.63, 3.8) is 0 Å². The number of aromatic nitrogens is 4. The molecule has 4 heterocycles. The predicted octanol–water partition coefficient (Wildman–Crippen LogP) is 2.72. The number of rotatable bonds is 3. The van der Waals surface area contributed by atoms with E-state index in [2.05, 4.69) is 37.9 Å². The van der Waals surface area contributed by atoms with E-state index in [0.29, 0.717) is 15.5 Å². The SMILES string of the molecule is Cc1ccc(S(=O)(=O)n2ccc3c2ncc2ncc([C@H]4CNC[C@H]4I)n23)cc1. The molecule has 1 saturated heterocycles. The number of benzene rings is 1. The quantitative estimate of drug-likeness (QED) is 0.341. The zero-order valence-corrected chi connectivity index (χ0v) is 18.1. The van der Waals surface area contributed by atoms with Crippen LogP contribution >= 0.6 is 22.6 Å². The number of fused-ring (bicyclic) bond motifs is 3. The lowest BCUT2D eigenvalue weighted by Gasteiger charge is -2.13. The third-order valence-electron chi connectivity index (χ3n) is 5.26. The van der Waals surface area contributed by atoms with E-state index in [-0.39, 0.29) is 4.90 Å². The smallest absolute Gasteiger partial charge is 0.269 e. The van der Waals surface area contributed by atoms with Crippen LogP contribution in [0.4, 0.5) is 0 Å². The summed E-state index contributed by atoms with van der Waals surface area (Å²) in [5, 5.41) is 3.41. The molecule has 1 fully saturated rings. The van der Waals surface area contributed by atoms with E-state index in [9.17, 15) is 8.42 Å². The van der Waals surface area contributed by atoms with Gasteiger partial charge in [0.25, 0.3) is 10.0 Å². The van der Waals surface area contributed by atoms with E-state index >= 15 is 0 Å². The second-order valence-electron chi connectivity index (χ2n) is 7.05. The Morgan fingerprint density at radius 3 is 2.61 bits per heavy atom. The Kier molecular flexibility index (Phi) is 4.21. The third-order valence-corrected chi connectivity index (χ3v) is 8.25. The van der Waals surface area contributed by atoms with Crippen LogP contribution in [0.15, 0.2) is 53.8 Å². The van der Waals surface area contributed by atoms with Gasteiger partial charge < -0.3 is 5.32 Å². The number of nitrogens with zero attached hydrogens (tertiary/aromatic N) is 4.